The topological polar surface area (TPSA) is 67.4 Å². The first-order chi connectivity index (χ1) is 13.9. The molecule has 1 atom stereocenters. The van der Waals surface area contributed by atoms with Gasteiger partial charge in [-0.25, -0.2) is 0 Å². The Balaban J connectivity index is 1.79. The molecule has 1 aromatic carbocycles. The minimum atomic E-state index is -0.0146. The summed E-state index contributed by atoms with van der Waals surface area (Å²) >= 11 is 7.41. The smallest absolute Gasteiger partial charge is 0.233 e. The van der Waals surface area contributed by atoms with Gasteiger partial charge < -0.3 is 9.32 Å². The van der Waals surface area contributed by atoms with E-state index >= 15 is 0 Å². The van der Waals surface area contributed by atoms with E-state index in [0.717, 1.165) is 17.3 Å². The van der Waals surface area contributed by atoms with Gasteiger partial charge in [0.05, 0.1) is 24.6 Å². The Hall–Kier alpha value is -2.29. The monoisotopic (exact) mass is 433 g/mol. The van der Waals surface area contributed by atoms with Gasteiger partial charge in [-0.2, -0.15) is 0 Å². The molecule has 0 aliphatic carbocycles. The van der Waals surface area contributed by atoms with Gasteiger partial charge in [-0.3, -0.25) is 14.3 Å². The van der Waals surface area contributed by atoms with Gasteiger partial charge >= 0.3 is 0 Å². The van der Waals surface area contributed by atoms with Crippen molar-refractivity contribution in [3.63, 3.8) is 0 Å². The van der Waals surface area contributed by atoms with Crippen LogP contribution in [0.15, 0.2) is 52.2 Å². The van der Waals surface area contributed by atoms with Gasteiger partial charge in [0.2, 0.25) is 5.91 Å². The first-order valence-electron chi connectivity index (χ1n) is 9.13. The SMILES string of the molecule is CC(c1nnc(SCC(=O)N(C)Cc2ccco2)n1-c1ccc(Cl)cc1)N(C)C. The fourth-order valence-corrected chi connectivity index (χ4v) is 3.70. The van der Waals surface area contributed by atoms with Gasteiger partial charge in [-0.15, -0.1) is 10.2 Å². The molecule has 9 heteroatoms. The number of carbonyl (C=O) groups excluding carboxylic acids is 1. The van der Waals surface area contributed by atoms with E-state index in [9.17, 15) is 4.79 Å². The summed E-state index contributed by atoms with van der Waals surface area (Å²) in [7, 11) is 5.74. The molecule has 154 valence electrons. The van der Waals surface area contributed by atoms with Crippen LogP contribution in [0.2, 0.25) is 5.02 Å². The molecule has 0 aliphatic heterocycles. The molecule has 29 heavy (non-hydrogen) atoms. The molecule has 7 nitrogen and oxygen atoms in total. The minimum Gasteiger partial charge on any atom is -0.467 e. The number of thioether (sulfide) groups is 1. The number of benzene rings is 1. The largest absolute Gasteiger partial charge is 0.467 e. The number of halogens is 1. The highest BCUT2D eigenvalue weighted by Gasteiger charge is 2.22. The van der Waals surface area contributed by atoms with Crippen molar-refractivity contribution in [1.82, 2.24) is 24.6 Å². The molecule has 3 rings (SSSR count). The molecule has 2 aromatic heterocycles. The van der Waals surface area contributed by atoms with Crippen LogP contribution in [0.1, 0.15) is 24.6 Å². The van der Waals surface area contributed by atoms with E-state index in [1.165, 1.54) is 11.8 Å². The molecule has 0 bridgehead atoms. The van der Waals surface area contributed by atoms with Crippen LogP contribution < -0.4 is 0 Å². The van der Waals surface area contributed by atoms with Crippen LogP contribution in [0.25, 0.3) is 5.69 Å². The quantitative estimate of drug-likeness (QED) is 0.502. The predicted molar refractivity (Wildman–Crippen MR) is 114 cm³/mol. The summed E-state index contributed by atoms with van der Waals surface area (Å²) in [6, 6.07) is 11.2. The molecule has 3 aromatic rings. The Morgan fingerprint density at radius 1 is 1.21 bits per heavy atom. The van der Waals surface area contributed by atoms with Gasteiger partial charge in [-0.1, -0.05) is 23.4 Å². The molecule has 1 unspecified atom stereocenters. The summed E-state index contributed by atoms with van der Waals surface area (Å²) in [6.45, 7) is 2.49. The molecule has 0 fully saturated rings. The number of amides is 1. The van der Waals surface area contributed by atoms with Gasteiger partial charge in [0, 0.05) is 17.8 Å². The van der Waals surface area contributed by atoms with E-state index in [0.29, 0.717) is 16.7 Å². The fraction of sp³-hybridized carbons (Fsp3) is 0.350. The number of furan rings is 1. The minimum absolute atomic E-state index is 0.0146. The summed E-state index contributed by atoms with van der Waals surface area (Å²) in [5, 5.41) is 10.1. The first kappa shape index (κ1) is 21.4. The summed E-state index contributed by atoms with van der Waals surface area (Å²) < 4.78 is 7.29. The van der Waals surface area contributed by atoms with E-state index in [1.807, 2.05) is 55.1 Å². The van der Waals surface area contributed by atoms with Gasteiger partial charge in [-0.05, 0) is 57.4 Å². The molecule has 1 amide bonds. The van der Waals surface area contributed by atoms with Crippen LogP contribution in [0.5, 0.6) is 0 Å². The third-order valence-corrected chi connectivity index (χ3v) is 5.78. The van der Waals surface area contributed by atoms with Crippen LogP contribution in [0, 0.1) is 0 Å². The number of carbonyl (C=O) groups is 1. The Kier molecular flexibility index (Phi) is 7.00. The Labute approximate surface area is 179 Å². The lowest BCUT2D eigenvalue weighted by Gasteiger charge is -2.20. The van der Waals surface area contributed by atoms with Crippen molar-refractivity contribution in [2.45, 2.75) is 24.7 Å². The maximum atomic E-state index is 12.6. The second-order valence-corrected chi connectivity index (χ2v) is 8.29. The molecule has 0 radical (unpaired) electrons. The zero-order valence-electron chi connectivity index (χ0n) is 16.9. The highest BCUT2D eigenvalue weighted by Crippen LogP contribution is 2.27. The van der Waals surface area contributed by atoms with Gasteiger partial charge in [0.15, 0.2) is 11.0 Å². The molecule has 0 N–H and O–H groups in total. The normalized spacial score (nSPS) is 12.3. The first-order valence-corrected chi connectivity index (χ1v) is 10.5. The van der Waals surface area contributed by atoms with E-state index in [-0.39, 0.29) is 17.7 Å². The zero-order valence-corrected chi connectivity index (χ0v) is 18.4. The van der Waals surface area contributed by atoms with Crippen molar-refractivity contribution in [1.29, 1.82) is 0 Å². The highest BCUT2D eigenvalue weighted by atomic mass is 35.5. The summed E-state index contributed by atoms with van der Waals surface area (Å²) in [4.78, 5) is 16.3. The maximum absolute atomic E-state index is 12.6. The van der Waals surface area contributed by atoms with Crippen molar-refractivity contribution >= 4 is 29.3 Å². The summed E-state index contributed by atoms with van der Waals surface area (Å²) in [5.41, 5.74) is 0.905. The van der Waals surface area contributed by atoms with Crippen molar-refractivity contribution in [2.24, 2.45) is 0 Å². The molecule has 0 spiro atoms. The molecule has 0 saturated heterocycles. The van der Waals surface area contributed by atoms with Crippen LogP contribution in [-0.2, 0) is 11.3 Å². The van der Waals surface area contributed by atoms with Crippen LogP contribution in [0.3, 0.4) is 0 Å². The lowest BCUT2D eigenvalue weighted by molar-refractivity contribution is -0.127. The van der Waals surface area contributed by atoms with Crippen molar-refractivity contribution < 1.29 is 9.21 Å². The molecule has 0 aliphatic rings. The Morgan fingerprint density at radius 3 is 2.55 bits per heavy atom. The number of hydrogen-bond acceptors (Lipinski definition) is 6. The second-order valence-electron chi connectivity index (χ2n) is 6.91. The average molecular weight is 434 g/mol. The third-order valence-electron chi connectivity index (χ3n) is 4.62. The Morgan fingerprint density at radius 2 is 1.93 bits per heavy atom. The number of hydrogen-bond donors (Lipinski definition) is 0. The number of rotatable bonds is 8. The van der Waals surface area contributed by atoms with Gasteiger partial charge in [0.25, 0.3) is 0 Å². The third kappa shape index (κ3) is 5.20. The van der Waals surface area contributed by atoms with Crippen LogP contribution >= 0.6 is 23.4 Å². The molecular formula is C20H24ClN5O2S. The maximum Gasteiger partial charge on any atom is 0.233 e. The standard InChI is InChI=1S/C20H24ClN5O2S/c1-14(24(2)3)19-22-23-20(26(19)16-9-7-15(21)8-10-16)29-13-18(27)25(4)12-17-6-5-11-28-17/h5-11,14H,12-13H2,1-4H3. The lowest BCUT2D eigenvalue weighted by Crippen LogP contribution is -2.27. The summed E-state index contributed by atoms with van der Waals surface area (Å²) in [6.07, 6.45) is 1.60. The lowest BCUT2D eigenvalue weighted by atomic mass is 10.2. The van der Waals surface area contributed by atoms with Crippen molar-refractivity contribution in [2.75, 3.05) is 26.9 Å². The van der Waals surface area contributed by atoms with E-state index in [1.54, 1.807) is 18.2 Å². The van der Waals surface area contributed by atoms with E-state index < -0.39 is 0 Å². The number of nitrogens with zero attached hydrogens (tertiary/aromatic N) is 5. The van der Waals surface area contributed by atoms with Crippen LogP contribution in [-0.4, -0.2) is 57.4 Å². The van der Waals surface area contributed by atoms with Crippen molar-refractivity contribution in [3.8, 4) is 5.69 Å². The predicted octanol–water partition coefficient (Wildman–Crippen LogP) is 3.89. The molecule has 2 heterocycles. The second kappa shape index (κ2) is 9.47. The number of aromatic nitrogens is 3. The fourth-order valence-electron chi connectivity index (χ4n) is 2.67. The van der Waals surface area contributed by atoms with Gasteiger partial charge in [0.1, 0.15) is 5.76 Å². The average Bonchev–Trinajstić information content (AvgIpc) is 3.35. The Bertz CT molecular complexity index is 940. The van der Waals surface area contributed by atoms with Crippen LogP contribution in [0.4, 0.5) is 0 Å². The zero-order chi connectivity index (χ0) is 21.0. The van der Waals surface area contributed by atoms with E-state index in [2.05, 4.69) is 22.0 Å². The van der Waals surface area contributed by atoms with E-state index in [4.69, 9.17) is 16.0 Å². The molecular weight excluding hydrogens is 410 g/mol. The highest BCUT2D eigenvalue weighted by molar-refractivity contribution is 7.99. The molecule has 0 saturated carbocycles. The van der Waals surface area contributed by atoms with Crippen molar-refractivity contribution in [3.05, 3.63) is 59.3 Å². The summed E-state index contributed by atoms with van der Waals surface area (Å²) in [5.74, 6) is 1.78.